The molecule has 0 heterocycles. The van der Waals surface area contributed by atoms with E-state index in [9.17, 15) is 5.11 Å². The van der Waals surface area contributed by atoms with Crippen LogP contribution in [0.4, 0.5) is 0 Å². The van der Waals surface area contributed by atoms with E-state index >= 15 is 0 Å². The van der Waals surface area contributed by atoms with Gasteiger partial charge >= 0.3 is 0 Å². The van der Waals surface area contributed by atoms with Crippen molar-refractivity contribution in [2.45, 2.75) is 38.2 Å². The molecule has 82 valence electrons. The molecule has 0 aliphatic heterocycles. The topological polar surface area (TPSA) is 20.2 Å². The van der Waals surface area contributed by atoms with Gasteiger partial charge in [0, 0.05) is 10.9 Å². The molecule has 1 aliphatic carbocycles. The quantitative estimate of drug-likeness (QED) is 0.886. The summed E-state index contributed by atoms with van der Waals surface area (Å²) in [6.45, 7) is 1.95. The van der Waals surface area contributed by atoms with Gasteiger partial charge in [0.1, 0.15) is 0 Å². The lowest BCUT2D eigenvalue weighted by Gasteiger charge is -2.23. The Morgan fingerprint density at radius 3 is 2.47 bits per heavy atom. The summed E-state index contributed by atoms with van der Waals surface area (Å²) in [6.07, 6.45) is 4.31. The molecular formula is C13H17BrO. The lowest BCUT2D eigenvalue weighted by atomic mass is 9.91. The third-order valence-electron chi connectivity index (χ3n) is 2.92. The molecule has 0 bridgehead atoms. The predicted molar refractivity (Wildman–Crippen MR) is 65.8 cm³/mol. The molecule has 15 heavy (non-hydrogen) atoms. The number of hydrogen-bond donors (Lipinski definition) is 1. The fraction of sp³-hybridized carbons (Fsp3) is 0.538. The monoisotopic (exact) mass is 268 g/mol. The van der Waals surface area contributed by atoms with Crippen molar-refractivity contribution in [2.24, 2.45) is 5.92 Å². The van der Waals surface area contributed by atoms with Crippen LogP contribution in [0.5, 0.6) is 0 Å². The second-order valence-electron chi connectivity index (χ2n) is 4.95. The molecule has 1 aromatic carbocycles. The van der Waals surface area contributed by atoms with Crippen molar-refractivity contribution in [2.75, 3.05) is 0 Å². The molecule has 1 saturated carbocycles. The highest BCUT2D eigenvalue weighted by molar-refractivity contribution is 9.10. The van der Waals surface area contributed by atoms with Gasteiger partial charge in [-0.25, -0.2) is 0 Å². The third kappa shape index (κ3) is 3.62. The molecular weight excluding hydrogens is 252 g/mol. The van der Waals surface area contributed by atoms with Crippen LogP contribution in [0.15, 0.2) is 28.7 Å². The molecule has 0 radical (unpaired) electrons. The molecule has 1 aromatic rings. The highest BCUT2D eigenvalue weighted by Gasteiger charge is 2.31. The molecule has 0 spiro atoms. The van der Waals surface area contributed by atoms with Gasteiger partial charge in [0.05, 0.1) is 5.60 Å². The van der Waals surface area contributed by atoms with E-state index in [1.807, 2.05) is 19.1 Å². The summed E-state index contributed by atoms with van der Waals surface area (Å²) in [5.74, 6) is 0.774. The largest absolute Gasteiger partial charge is 0.390 e. The van der Waals surface area contributed by atoms with Crippen molar-refractivity contribution in [1.82, 2.24) is 0 Å². The summed E-state index contributed by atoms with van der Waals surface area (Å²) in [5, 5.41) is 10.2. The Morgan fingerprint density at radius 1 is 1.33 bits per heavy atom. The van der Waals surface area contributed by atoms with Crippen molar-refractivity contribution >= 4 is 15.9 Å². The van der Waals surface area contributed by atoms with Crippen LogP contribution in [0.3, 0.4) is 0 Å². The van der Waals surface area contributed by atoms with Crippen molar-refractivity contribution in [3.63, 3.8) is 0 Å². The van der Waals surface area contributed by atoms with E-state index in [4.69, 9.17) is 0 Å². The second-order valence-corrected chi connectivity index (χ2v) is 5.86. The molecule has 1 fully saturated rings. The normalized spacial score (nSPS) is 19.9. The fourth-order valence-corrected chi connectivity index (χ4v) is 2.32. The molecule has 2 rings (SSSR count). The number of rotatable bonds is 4. The van der Waals surface area contributed by atoms with Crippen LogP contribution in [-0.4, -0.2) is 10.7 Å². The van der Waals surface area contributed by atoms with Gasteiger partial charge in [-0.15, -0.1) is 0 Å². The van der Waals surface area contributed by atoms with E-state index in [0.717, 1.165) is 23.2 Å². The van der Waals surface area contributed by atoms with Crippen LogP contribution >= 0.6 is 15.9 Å². The zero-order chi connectivity index (χ0) is 10.9. The van der Waals surface area contributed by atoms with Gasteiger partial charge in [0.15, 0.2) is 0 Å². The van der Waals surface area contributed by atoms with E-state index in [1.165, 1.54) is 18.4 Å². The van der Waals surface area contributed by atoms with Crippen LogP contribution in [0.25, 0.3) is 0 Å². The molecule has 1 atom stereocenters. The standard InChI is InChI=1S/C13H17BrO/c1-13(15,8-10-2-3-10)9-11-4-6-12(14)7-5-11/h4-7,10,15H,2-3,8-9H2,1H3. The van der Waals surface area contributed by atoms with Crippen LogP contribution in [-0.2, 0) is 6.42 Å². The lowest BCUT2D eigenvalue weighted by molar-refractivity contribution is 0.0455. The maximum atomic E-state index is 10.2. The first-order chi connectivity index (χ1) is 7.05. The van der Waals surface area contributed by atoms with E-state index in [0.29, 0.717) is 0 Å². The van der Waals surface area contributed by atoms with Gasteiger partial charge < -0.3 is 5.11 Å². The van der Waals surface area contributed by atoms with Gasteiger partial charge in [-0.1, -0.05) is 40.9 Å². The Kier molecular flexibility index (Phi) is 3.17. The van der Waals surface area contributed by atoms with Crippen LogP contribution in [0.1, 0.15) is 31.7 Å². The van der Waals surface area contributed by atoms with E-state index in [-0.39, 0.29) is 0 Å². The smallest absolute Gasteiger partial charge is 0.0662 e. The Bertz CT molecular complexity index is 325. The fourth-order valence-electron chi connectivity index (χ4n) is 2.06. The van der Waals surface area contributed by atoms with Crippen LogP contribution in [0, 0.1) is 5.92 Å². The Labute approximate surface area is 99.6 Å². The maximum absolute atomic E-state index is 10.2. The molecule has 1 N–H and O–H groups in total. The van der Waals surface area contributed by atoms with Crippen molar-refractivity contribution < 1.29 is 5.11 Å². The van der Waals surface area contributed by atoms with Crippen molar-refractivity contribution in [3.05, 3.63) is 34.3 Å². The molecule has 1 nitrogen and oxygen atoms in total. The Morgan fingerprint density at radius 2 is 1.93 bits per heavy atom. The van der Waals surface area contributed by atoms with E-state index in [1.54, 1.807) is 0 Å². The summed E-state index contributed by atoms with van der Waals surface area (Å²) in [4.78, 5) is 0. The molecule has 0 amide bonds. The van der Waals surface area contributed by atoms with E-state index < -0.39 is 5.60 Å². The first kappa shape index (κ1) is 11.2. The highest BCUT2D eigenvalue weighted by Crippen LogP contribution is 2.37. The number of benzene rings is 1. The highest BCUT2D eigenvalue weighted by atomic mass is 79.9. The number of aliphatic hydroxyl groups is 1. The van der Waals surface area contributed by atoms with Gasteiger partial charge in [0.25, 0.3) is 0 Å². The molecule has 0 aromatic heterocycles. The Hall–Kier alpha value is -0.340. The summed E-state index contributed by atoms with van der Waals surface area (Å²) >= 11 is 3.41. The first-order valence-electron chi connectivity index (χ1n) is 5.52. The summed E-state index contributed by atoms with van der Waals surface area (Å²) in [6, 6.07) is 8.21. The minimum Gasteiger partial charge on any atom is -0.390 e. The van der Waals surface area contributed by atoms with Crippen LogP contribution < -0.4 is 0 Å². The van der Waals surface area contributed by atoms with Gasteiger partial charge in [-0.2, -0.15) is 0 Å². The van der Waals surface area contributed by atoms with Crippen LogP contribution in [0.2, 0.25) is 0 Å². The number of hydrogen-bond acceptors (Lipinski definition) is 1. The maximum Gasteiger partial charge on any atom is 0.0662 e. The Balaban J connectivity index is 1.96. The molecule has 0 saturated heterocycles. The van der Waals surface area contributed by atoms with Crippen molar-refractivity contribution in [1.29, 1.82) is 0 Å². The average molecular weight is 269 g/mol. The predicted octanol–water partition coefficient (Wildman–Crippen LogP) is 3.54. The average Bonchev–Trinajstić information content (AvgIpc) is 2.91. The SMILES string of the molecule is CC(O)(Cc1ccc(Br)cc1)CC1CC1. The van der Waals surface area contributed by atoms with Crippen molar-refractivity contribution in [3.8, 4) is 0 Å². The third-order valence-corrected chi connectivity index (χ3v) is 3.45. The zero-order valence-corrected chi connectivity index (χ0v) is 10.6. The van der Waals surface area contributed by atoms with Gasteiger partial charge in [-0.05, 0) is 37.0 Å². The van der Waals surface area contributed by atoms with E-state index in [2.05, 4.69) is 28.1 Å². The second kappa shape index (κ2) is 4.26. The molecule has 1 unspecified atom stereocenters. The van der Waals surface area contributed by atoms with Gasteiger partial charge in [-0.3, -0.25) is 0 Å². The summed E-state index contributed by atoms with van der Waals surface area (Å²) in [7, 11) is 0. The summed E-state index contributed by atoms with van der Waals surface area (Å²) < 4.78 is 1.09. The first-order valence-corrected chi connectivity index (χ1v) is 6.31. The minimum absolute atomic E-state index is 0.533. The van der Waals surface area contributed by atoms with Gasteiger partial charge in [0.2, 0.25) is 0 Å². The minimum atomic E-state index is -0.533. The lowest BCUT2D eigenvalue weighted by Crippen LogP contribution is -2.27. The zero-order valence-electron chi connectivity index (χ0n) is 9.04. The number of halogens is 1. The summed E-state index contributed by atoms with van der Waals surface area (Å²) in [5.41, 5.74) is 0.679. The molecule has 2 heteroatoms. The molecule has 1 aliphatic rings.